The topological polar surface area (TPSA) is 61.5 Å². The number of rotatable bonds is 3. The van der Waals surface area contributed by atoms with Crippen molar-refractivity contribution in [2.45, 2.75) is 32.2 Å². The summed E-state index contributed by atoms with van der Waals surface area (Å²) in [4.78, 5) is 11.4. The monoisotopic (exact) mass is 251 g/mol. The van der Waals surface area contributed by atoms with Gasteiger partial charge in [-0.05, 0) is 28.7 Å². The molecule has 4 heteroatoms. The van der Waals surface area contributed by atoms with Crippen molar-refractivity contribution in [1.29, 1.82) is 0 Å². The molecule has 1 rings (SSSR count). The lowest BCUT2D eigenvalue weighted by Crippen LogP contribution is -2.23. The van der Waals surface area contributed by atoms with Gasteiger partial charge in [0.2, 0.25) is 0 Å². The van der Waals surface area contributed by atoms with Crippen LogP contribution in [-0.4, -0.2) is 20.2 Å². The van der Waals surface area contributed by atoms with Crippen LogP contribution in [-0.2, 0) is 14.9 Å². The molecule has 100 valence electrons. The molecule has 1 unspecified atom stereocenters. The van der Waals surface area contributed by atoms with E-state index in [4.69, 9.17) is 10.5 Å². The maximum absolute atomic E-state index is 11.4. The third kappa shape index (κ3) is 3.01. The number of nitrogens with two attached hydrogens (primary N) is 1. The Morgan fingerprint density at radius 1 is 1.28 bits per heavy atom. The van der Waals surface area contributed by atoms with Crippen molar-refractivity contribution in [2.75, 3.05) is 14.2 Å². The minimum Gasteiger partial charge on any atom is -0.496 e. The van der Waals surface area contributed by atoms with Crippen LogP contribution in [0.3, 0.4) is 0 Å². The van der Waals surface area contributed by atoms with E-state index in [-0.39, 0.29) is 5.41 Å². The van der Waals surface area contributed by atoms with E-state index in [2.05, 4.69) is 25.5 Å². The number of hydrogen-bond acceptors (Lipinski definition) is 4. The Morgan fingerprint density at radius 3 is 2.33 bits per heavy atom. The highest BCUT2D eigenvalue weighted by atomic mass is 16.5. The highest BCUT2D eigenvalue weighted by molar-refractivity contribution is 5.77. The maximum atomic E-state index is 11.4. The highest BCUT2D eigenvalue weighted by Gasteiger charge is 2.23. The van der Waals surface area contributed by atoms with Crippen LogP contribution in [0.4, 0.5) is 0 Å². The summed E-state index contributed by atoms with van der Waals surface area (Å²) in [6, 6.07) is 4.76. The number of esters is 1. The van der Waals surface area contributed by atoms with Crippen LogP contribution in [0, 0.1) is 0 Å². The van der Waals surface area contributed by atoms with E-state index in [9.17, 15) is 4.79 Å². The largest absolute Gasteiger partial charge is 0.496 e. The fourth-order valence-electron chi connectivity index (χ4n) is 1.77. The summed E-state index contributed by atoms with van der Waals surface area (Å²) < 4.78 is 9.99. The van der Waals surface area contributed by atoms with E-state index in [0.717, 1.165) is 16.9 Å². The summed E-state index contributed by atoms with van der Waals surface area (Å²) in [5.74, 6) is 0.350. The van der Waals surface area contributed by atoms with Crippen LogP contribution in [0.1, 0.15) is 37.9 Å². The first-order chi connectivity index (χ1) is 8.31. The van der Waals surface area contributed by atoms with E-state index < -0.39 is 12.0 Å². The fourth-order valence-corrected chi connectivity index (χ4v) is 1.77. The molecule has 2 N–H and O–H groups in total. The summed E-state index contributed by atoms with van der Waals surface area (Å²) in [6.07, 6.45) is 0. The first kappa shape index (κ1) is 14.5. The standard InChI is InChI=1S/C14H21NO3/c1-14(2,3)10-8-9(6-7-11(10)17-4)12(15)13(16)18-5/h6-8,12H,15H2,1-5H3. The Hall–Kier alpha value is -1.55. The Morgan fingerprint density at radius 2 is 1.89 bits per heavy atom. The van der Waals surface area contributed by atoms with Crippen LogP contribution in [0.5, 0.6) is 5.75 Å². The number of ether oxygens (including phenoxy) is 2. The average molecular weight is 251 g/mol. The van der Waals surface area contributed by atoms with Gasteiger partial charge in [0.05, 0.1) is 14.2 Å². The van der Waals surface area contributed by atoms with Gasteiger partial charge in [0.15, 0.2) is 0 Å². The second-order valence-electron chi connectivity index (χ2n) is 5.21. The zero-order chi connectivity index (χ0) is 13.9. The maximum Gasteiger partial charge on any atom is 0.327 e. The van der Waals surface area contributed by atoms with E-state index in [1.807, 2.05) is 12.1 Å². The molecule has 0 aliphatic carbocycles. The number of methoxy groups -OCH3 is 2. The lowest BCUT2D eigenvalue weighted by Gasteiger charge is -2.23. The molecule has 0 fully saturated rings. The van der Waals surface area contributed by atoms with Crippen molar-refractivity contribution in [3.05, 3.63) is 29.3 Å². The summed E-state index contributed by atoms with van der Waals surface area (Å²) in [5, 5.41) is 0. The predicted octanol–water partition coefficient (Wildman–Crippen LogP) is 2.17. The SMILES string of the molecule is COC(=O)C(N)c1ccc(OC)c(C(C)(C)C)c1. The number of hydrogen-bond donors (Lipinski definition) is 1. The molecule has 4 nitrogen and oxygen atoms in total. The van der Waals surface area contributed by atoms with E-state index in [1.165, 1.54) is 7.11 Å². The molecule has 0 saturated carbocycles. The Balaban J connectivity index is 3.23. The van der Waals surface area contributed by atoms with E-state index in [1.54, 1.807) is 13.2 Å². The number of benzene rings is 1. The van der Waals surface area contributed by atoms with Gasteiger partial charge in [-0.25, -0.2) is 0 Å². The van der Waals surface area contributed by atoms with Crippen molar-refractivity contribution in [1.82, 2.24) is 0 Å². The first-order valence-corrected chi connectivity index (χ1v) is 5.83. The zero-order valence-electron chi connectivity index (χ0n) is 11.6. The fraction of sp³-hybridized carbons (Fsp3) is 0.500. The van der Waals surface area contributed by atoms with E-state index >= 15 is 0 Å². The summed E-state index contributed by atoms with van der Waals surface area (Å²) in [5.41, 5.74) is 7.50. The Kier molecular flexibility index (Phi) is 4.35. The third-order valence-corrected chi connectivity index (χ3v) is 2.85. The summed E-state index contributed by atoms with van der Waals surface area (Å²) in [6.45, 7) is 6.24. The molecule has 0 spiro atoms. The van der Waals surface area contributed by atoms with Crippen LogP contribution in [0.25, 0.3) is 0 Å². The summed E-state index contributed by atoms with van der Waals surface area (Å²) >= 11 is 0. The van der Waals surface area contributed by atoms with Crippen molar-refractivity contribution in [3.63, 3.8) is 0 Å². The molecule has 0 radical (unpaired) electrons. The number of carbonyl (C=O) groups is 1. The minimum absolute atomic E-state index is 0.0861. The van der Waals surface area contributed by atoms with Gasteiger partial charge < -0.3 is 15.2 Å². The van der Waals surface area contributed by atoms with Crippen molar-refractivity contribution in [2.24, 2.45) is 5.73 Å². The van der Waals surface area contributed by atoms with Crippen molar-refractivity contribution < 1.29 is 14.3 Å². The molecule has 1 atom stereocenters. The highest BCUT2D eigenvalue weighted by Crippen LogP contribution is 2.33. The molecular weight excluding hydrogens is 230 g/mol. The zero-order valence-corrected chi connectivity index (χ0v) is 11.6. The molecule has 0 amide bonds. The van der Waals surface area contributed by atoms with Gasteiger partial charge in [-0.3, -0.25) is 4.79 Å². The molecule has 0 bridgehead atoms. The lowest BCUT2D eigenvalue weighted by molar-refractivity contribution is -0.142. The quantitative estimate of drug-likeness (QED) is 0.836. The molecule has 1 aromatic rings. The van der Waals surface area contributed by atoms with Crippen LogP contribution in [0.15, 0.2) is 18.2 Å². The van der Waals surface area contributed by atoms with Gasteiger partial charge >= 0.3 is 5.97 Å². The molecule has 18 heavy (non-hydrogen) atoms. The molecule has 0 saturated heterocycles. The van der Waals surface area contributed by atoms with Crippen molar-refractivity contribution in [3.8, 4) is 5.75 Å². The van der Waals surface area contributed by atoms with Crippen LogP contribution in [0.2, 0.25) is 0 Å². The molecular formula is C14H21NO3. The molecule has 0 aliphatic rings. The van der Waals surface area contributed by atoms with Crippen LogP contribution >= 0.6 is 0 Å². The van der Waals surface area contributed by atoms with Gasteiger partial charge in [-0.2, -0.15) is 0 Å². The number of carbonyl (C=O) groups excluding carboxylic acids is 1. The molecule has 0 aromatic heterocycles. The second-order valence-corrected chi connectivity index (χ2v) is 5.21. The van der Waals surface area contributed by atoms with Gasteiger partial charge in [0.1, 0.15) is 11.8 Å². The van der Waals surface area contributed by atoms with E-state index in [0.29, 0.717) is 0 Å². The Bertz CT molecular complexity index is 435. The normalized spacial score (nSPS) is 13.0. The molecule has 0 aliphatic heterocycles. The predicted molar refractivity (Wildman–Crippen MR) is 70.6 cm³/mol. The van der Waals surface area contributed by atoms with Crippen LogP contribution < -0.4 is 10.5 Å². The van der Waals surface area contributed by atoms with Gasteiger partial charge in [-0.1, -0.05) is 26.8 Å². The smallest absolute Gasteiger partial charge is 0.327 e. The van der Waals surface area contributed by atoms with Gasteiger partial charge in [0.25, 0.3) is 0 Å². The minimum atomic E-state index is -0.762. The Labute approximate surface area is 108 Å². The molecule has 1 aromatic carbocycles. The third-order valence-electron chi connectivity index (χ3n) is 2.85. The van der Waals surface area contributed by atoms with Crippen molar-refractivity contribution >= 4 is 5.97 Å². The first-order valence-electron chi connectivity index (χ1n) is 5.83. The second kappa shape index (κ2) is 5.40. The molecule has 0 heterocycles. The average Bonchev–Trinajstić information content (AvgIpc) is 2.35. The summed E-state index contributed by atoms with van der Waals surface area (Å²) in [7, 11) is 2.96. The lowest BCUT2D eigenvalue weighted by atomic mass is 9.84. The van der Waals surface area contributed by atoms with Gasteiger partial charge in [0, 0.05) is 0 Å². The van der Waals surface area contributed by atoms with Gasteiger partial charge in [-0.15, -0.1) is 0 Å².